The molecule has 1 amide bonds. The van der Waals surface area contributed by atoms with E-state index in [0.717, 1.165) is 13.2 Å². The molecule has 1 aromatic carbocycles. The van der Waals surface area contributed by atoms with Gasteiger partial charge in [0.15, 0.2) is 0 Å². The van der Waals surface area contributed by atoms with Crippen LogP contribution in [-0.4, -0.2) is 23.9 Å². The first kappa shape index (κ1) is 13.1. The Bertz CT molecular complexity index is 488. The second kappa shape index (κ2) is 5.39. The highest BCUT2D eigenvalue weighted by Crippen LogP contribution is 2.26. The SMILES string of the molecule is COC(=O)C(=O)Nc1cc([N+](=O)[O-])ccc1Br. The lowest BCUT2D eigenvalue weighted by Crippen LogP contribution is -2.24. The van der Waals surface area contributed by atoms with Crippen LogP contribution in [0.3, 0.4) is 0 Å². The van der Waals surface area contributed by atoms with Gasteiger partial charge in [-0.25, -0.2) is 4.79 Å². The number of amides is 1. The van der Waals surface area contributed by atoms with Gasteiger partial charge in [-0.2, -0.15) is 0 Å². The Labute approximate surface area is 104 Å². The van der Waals surface area contributed by atoms with Crippen molar-refractivity contribution in [1.29, 1.82) is 0 Å². The molecule has 0 spiro atoms. The van der Waals surface area contributed by atoms with Gasteiger partial charge in [0.2, 0.25) is 0 Å². The molecule has 90 valence electrons. The zero-order valence-electron chi connectivity index (χ0n) is 8.60. The molecule has 8 heteroatoms. The number of methoxy groups -OCH3 is 1. The summed E-state index contributed by atoms with van der Waals surface area (Å²) in [4.78, 5) is 32.0. The zero-order valence-corrected chi connectivity index (χ0v) is 10.2. The number of hydrogen-bond acceptors (Lipinski definition) is 5. The molecule has 0 unspecified atom stereocenters. The van der Waals surface area contributed by atoms with Crippen LogP contribution in [0.15, 0.2) is 22.7 Å². The summed E-state index contributed by atoms with van der Waals surface area (Å²) in [6.07, 6.45) is 0. The smallest absolute Gasteiger partial charge is 0.396 e. The van der Waals surface area contributed by atoms with Gasteiger partial charge >= 0.3 is 11.9 Å². The topological polar surface area (TPSA) is 98.5 Å². The molecule has 0 aromatic heterocycles. The number of nitrogens with one attached hydrogen (secondary N) is 1. The fourth-order valence-corrected chi connectivity index (χ4v) is 1.33. The first-order valence-corrected chi connectivity index (χ1v) is 5.08. The molecular formula is C9H7BrN2O5. The summed E-state index contributed by atoms with van der Waals surface area (Å²) in [5, 5.41) is 12.7. The molecule has 0 bridgehead atoms. The Balaban J connectivity index is 2.98. The van der Waals surface area contributed by atoms with Crippen molar-refractivity contribution in [3.05, 3.63) is 32.8 Å². The van der Waals surface area contributed by atoms with Crippen LogP contribution in [0.5, 0.6) is 0 Å². The molecule has 0 heterocycles. The van der Waals surface area contributed by atoms with Crippen molar-refractivity contribution in [1.82, 2.24) is 0 Å². The molecule has 0 saturated carbocycles. The van der Waals surface area contributed by atoms with Crippen molar-refractivity contribution in [2.75, 3.05) is 12.4 Å². The highest BCUT2D eigenvalue weighted by atomic mass is 79.9. The molecule has 7 nitrogen and oxygen atoms in total. The fourth-order valence-electron chi connectivity index (χ4n) is 0.989. The molecule has 0 saturated heterocycles. The molecular weight excluding hydrogens is 296 g/mol. The number of non-ortho nitro benzene ring substituents is 1. The van der Waals surface area contributed by atoms with Crippen LogP contribution in [0, 0.1) is 10.1 Å². The summed E-state index contributed by atoms with van der Waals surface area (Å²) in [6, 6.07) is 3.79. The van der Waals surface area contributed by atoms with Crippen molar-refractivity contribution in [3.8, 4) is 0 Å². The van der Waals surface area contributed by atoms with Gasteiger partial charge in [0.05, 0.1) is 17.7 Å². The van der Waals surface area contributed by atoms with Crippen LogP contribution in [0.1, 0.15) is 0 Å². The molecule has 1 rings (SSSR count). The van der Waals surface area contributed by atoms with E-state index in [4.69, 9.17) is 0 Å². The normalized spacial score (nSPS) is 9.53. The number of esters is 1. The summed E-state index contributed by atoms with van der Waals surface area (Å²) in [5.41, 5.74) is -0.0806. The van der Waals surface area contributed by atoms with E-state index in [1.807, 2.05) is 0 Å². The minimum atomic E-state index is -1.08. The van der Waals surface area contributed by atoms with E-state index in [1.54, 1.807) is 0 Å². The lowest BCUT2D eigenvalue weighted by Gasteiger charge is -2.05. The molecule has 0 aliphatic heterocycles. The summed E-state index contributed by atoms with van der Waals surface area (Å²) < 4.78 is 4.62. The average molecular weight is 303 g/mol. The molecule has 0 aliphatic carbocycles. The van der Waals surface area contributed by atoms with Crippen molar-refractivity contribution < 1.29 is 19.2 Å². The maximum atomic E-state index is 11.2. The third-order valence-corrected chi connectivity index (χ3v) is 2.47. The minimum absolute atomic E-state index is 0.120. The number of nitro benzene ring substituents is 1. The van der Waals surface area contributed by atoms with Crippen molar-refractivity contribution in [2.24, 2.45) is 0 Å². The van der Waals surface area contributed by atoms with Crippen LogP contribution < -0.4 is 5.32 Å². The Kier molecular flexibility index (Phi) is 4.16. The summed E-state index contributed by atoms with van der Waals surface area (Å²) in [7, 11) is 1.06. The average Bonchev–Trinajstić information content (AvgIpc) is 2.30. The molecule has 0 atom stereocenters. The first-order valence-electron chi connectivity index (χ1n) is 4.29. The molecule has 17 heavy (non-hydrogen) atoms. The van der Waals surface area contributed by atoms with Gasteiger partial charge in [-0.15, -0.1) is 0 Å². The molecule has 1 aromatic rings. The Hall–Kier alpha value is -1.96. The summed E-state index contributed by atoms with van der Waals surface area (Å²) >= 11 is 3.09. The monoisotopic (exact) mass is 302 g/mol. The zero-order chi connectivity index (χ0) is 13.0. The fraction of sp³-hybridized carbons (Fsp3) is 0.111. The number of hydrogen-bond donors (Lipinski definition) is 1. The Morgan fingerprint density at radius 3 is 2.65 bits per heavy atom. The van der Waals surface area contributed by atoms with Gasteiger partial charge in [0, 0.05) is 16.6 Å². The predicted molar refractivity (Wildman–Crippen MR) is 61.4 cm³/mol. The highest BCUT2D eigenvalue weighted by Gasteiger charge is 2.17. The van der Waals surface area contributed by atoms with E-state index in [-0.39, 0.29) is 11.4 Å². The maximum absolute atomic E-state index is 11.2. The van der Waals surface area contributed by atoms with E-state index in [1.165, 1.54) is 12.1 Å². The van der Waals surface area contributed by atoms with Gasteiger partial charge in [0.25, 0.3) is 5.69 Å². The lowest BCUT2D eigenvalue weighted by molar-refractivity contribution is -0.384. The van der Waals surface area contributed by atoms with Crippen molar-refractivity contribution in [3.63, 3.8) is 0 Å². The first-order chi connectivity index (χ1) is 7.95. The lowest BCUT2D eigenvalue weighted by atomic mass is 10.3. The van der Waals surface area contributed by atoms with E-state index in [0.29, 0.717) is 4.47 Å². The second-order valence-corrected chi connectivity index (χ2v) is 3.72. The van der Waals surface area contributed by atoms with E-state index < -0.39 is 16.8 Å². The standard InChI is InChI=1S/C9H7BrN2O5/c1-17-9(14)8(13)11-7-4-5(12(15)16)2-3-6(7)10/h2-4H,1H3,(H,11,13). The van der Waals surface area contributed by atoms with Gasteiger partial charge in [0.1, 0.15) is 0 Å². The molecule has 1 N–H and O–H groups in total. The molecule has 0 radical (unpaired) electrons. The maximum Gasteiger partial charge on any atom is 0.396 e. The van der Waals surface area contributed by atoms with Crippen LogP contribution in [0.2, 0.25) is 0 Å². The quantitative estimate of drug-likeness (QED) is 0.386. The highest BCUT2D eigenvalue weighted by molar-refractivity contribution is 9.10. The number of rotatable bonds is 2. The molecule has 0 aliphatic rings. The third-order valence-electron chi connectivity index (χ3n) is 1.78. The van der Waals surface area contributed by atoms with E-state index >= 15 is 0 Å². The Morgan fingerprint density at radius 1 is 1.47 bits per heavy atom. The summed E-state index contributed by atoms with van der Waals surface area (Å²) in [5.74, 6) is -2.09. The predicted octanol–water partition coefficient (Wildman–Crippen LogP) is 1.47. The van der Waals surface area contributed by atoms with Crippen LogP contribution >= 0.6 is 15.9 Å². The minimum Gasteiger partial charge on any atom is -0.462 e. The van der Waals surface area contributed by atoms with Crippen molar-refractivity contribution in [2.45, 2.75) is 0 Å². The van der Waals surface area contributed by atoms with Crippen LogP contribution in [0.4, 0.5) is 11.4 Å². The largest absolute Gasteiger partial charge is 0.462 e. The Morgan fingerprint density at radius 2 is 2.12 bits per heavy atom. The molecule has 0 fully saturated rings. The van der Waals surface area contributed by atoms with Gasteiger partial charge < -0.3 is 10.1 Å². The van der Waals surface area contributed by atoms with Gasteiger partial charge in [-0.1, -0.05) is 0 Å². The number of anilines is 1. The van der Waals surface area contributed by atoms with Crippen LogP contribution in [0.25, 0.3) is 0 Å². The van der Waals surface area contributed by atoms with E-state index in [9.17, 15) is 19.7 Å². The number of halogens is 1. The number of nitro groups is 1. The second-order valence-electron chi connectivity index (χ2n) is 2.87. The van der Waals surface area contributed by atoms with Crippen LogP contribution in [-0.2, 0) is 14.3 Å². The number of benzene rings is 1. The number of ether oxygens (including phenoxy) is 1. The number of carbonyl (C=O) groups excluding carboxylic acids is 2. The van der Waals surface area contributed by atoms with Gasteiger partial charge in [-0.05, 0) is 22.0 Å². The van der Waals surface area contributed by atoms with E-state index in [2.05, 4.69) is 26.0 Å². The number of carbonyl (C=O) groups is 2. The number of nitrogens with zero attached hydrogens (tertiary/aromatic N) is 1. The third kappa shape index (κ3) is 3.25. The van der Waals surface area contributed by atoms with Crippen molar-refractivity contribution >= 4 is 39.2 Å². The summed E-state index contributed by atoms with van der Waals surface area (Å²) in [6.45, 7) is 0. The van der Waals surface area contributed by atoms with Gasteiger partial charge in [-0.3, -0.25) is 14.9 Å².